The molecule has 2 aliphatic heterocycles. The van der Waals surface area contributed by atoms with Gasteiger partial charge in [0, 0.05) is 25.7 Å². The molecule has 9 nitrogen and oxygen atoms in total. The fraction of sp³-hybridized carbons (Fsp3) is 0.409. The van der Waals surface area contributed by atoms with Crippen LogP contribution in [0.15, 0.2) is 42.6 Å². The fourth-order valence-corrected chi connectivity index (χ4v) is 5.57. The predicted octanol–water partition coefficient (Wildman–Crippen LogP) is 1.97. The van der Waals surface area contributed by atoms with Crippen LogP contribution in [0.4, 0.5) is 10.2 Å². The van der Waals surface area contributed by atoms with Crippen LogP contribution in [0.2, 0.25) is 0 Å². The third kappa shape index (κ3) is 4.30. The van der Waals surface area contributed by atoms with Gasteiger partial charge in [-0.25, -0.2) is 26.6 Å². The number of fused-ring (bicyclic) bond motifs is 1. The van der Waals surface area contributed by atoms with Crippen molar-refractivity contribution in [1.29, 1.82) is 0 Å². The number of benzene rings is 1. The van der Waals surface area contributed by atoms with Gasteiger partial charge in [0.05, 0.1) is 18.5 Å². The number of nitrogens with one attached hydrogen (secondary N) is 1. The summed E-state index contributed by atoms with van der Waals surface area (Å²) in [6.07, 6.45) is 5.04. The molecule has 0 radical (unpaired) electrons. The number of rotatable bonds is 5. The zero-order valence-electron chi connectivity index (χ0n) is 18.2. The van der Waals surface area contributed by atoms with Crippen molar-refractivity contribution in [3.8, 4) is 0 Å². The first-order chi connectivity index (χ1) is 15.8. The smallest absolute Gasteiger partial charge is 0.271 e. The van der Waals surface area contributed by atoms with Crippen LogP contribution in [0.5, 0.6) is 0 Å². The van der Waals surface area contributed by atoms with E-state index < -0.39 is 10.0 Å². The van der Waals surface area contributed by atoms with Gasteiger partial charge in [0.15, 0.2) is 11.3 Å². The maximum atomic E-state index is 13.8. The van der Waals surface area contributed by atoms with Gasteiger partial charge in [-0.3, -0.25) is 4.79 Å². The largest absolute Gasteiger partial charge is 0.348 e. The van der Waals surface area contributed by atoms with Crippen LogP contribution in [-0.4, -0.2) is 65.2 Å². The minimum Gasteiger partial charge on any atom is -0.348 e. The number of carbonyl (C=O) groups excluding carboxylic acids is 1. The van der Waals surface area contributed by atoms with Crippen molar-refractivity contribution in [2.45, 2.75) is 31.3 Å². The zero-order chi connectivity index (χ0) is 23.2. The molecule has 1 N–H and O–H groups in total. The molecule has 1 amide bonds. The van der Waals surface area contributed by atoms with Crippen LogP contribution < -0.4 is 10.2 Å². The fourth-order valence-electron chi connectivity index (χ4n) is 4.68. The molecule has 1 aromatic carbocycles. The Bertz CT molecular complexity index is 1310. The Morgan fingerprint density at radius 3 is 2.79 bits per heavy atom. The minimum atomic E-state index is -3.28. The minimum absolute atomic E-state index is 0.00640. The number of anilines is 1. The highest BCUT2D eigenvalue weighted by Crippen LogP contribution is 2.35. The van der Waals surface area contributed by atoms with E-state index in [0.717, 1.165) is 24.9 Å². The van der Waals surface area contributed by atoms with Crippen LogP contribution >= 0.6 is 0 Å². The number of carbonyl (C=O) groups is 1. The predicted molar refractivity (Wildman–Crippen MR) is 121 cm³/mol. The van der Waals surface area contributed by atoms with Crippen LogP contribution in [0, 0.1) is 5.82 Å². The summed E-state index contributed by atoms with van der Waals surface area (Å²) >= 11 is 0. The monoisotopic (exact) mass is 472 g/mol. The van der Waals surface area contributed by atoms with Gasteiger partial charge in [0.25, 0.3) is 5.91 Å². The molecule has 0 unspecified atom stereocenters. The molecule has 5 rings (SSSR count). The first-order valence-electron chi connectivity index (χ1n) is 10.9. The average molecular weight is 473 g/mol. The Labute approximate surface area is 191 Å². The zero-order valence-corrected chi connectivity index (χ0v) is 19.0. The second-order valence-corrected chi connectivity index (χ2v) is 10.6. The molecular weight excluding hydrogens is 447 g/mol. The number of sulfonamides is 1. The van der Waals surface area contributed by atoms with Gasteiger partial charge in [-0.05, 0) is 49.1 Å². The molecule has 2 fully saturated rings. The van der Waals surface area contributed by atoms with E-state index in [-0.39, 0.29) is 36.0 Å². The second kappa shape index (κ2) is 8.38. The quantitative estimate of drug-likeness (QED) is 0.610. The molecule has 0 saturated carbocycles. The van der Waals surface area contributed by atoms with Gasteiger partial charge in [-0.15, -0.1) is 5.10 Å². The van der Waals surface area contributed by atoms with E-state index in [4.69, 9.17) is 0 Å². The molecule has 4 heterocycles. The highest BCUT2D eigenvalue weighted by molar-refractivity contribution is 7.88. The Kier molecular flexibility index (Phi) is 5.53. The van der Waals surface area contributed by atoms with E-state index in [1.165, 1.54) is 27.3 Å². The number of aromatic nitrogens is 3. The number of nitrogens with zero attached hydrogens (tertiary/aromatic N) is 5. The summed E-state index contributed by atoms with van der Waals surface area (Å²) in [5, 5.41) is 7.59. The molecule has 2 saturated heterocycles. The summed E-state index contributed by atoms with van der Waals surface area (Å²) in [5.74, 6) is 0.0683. The Morgan fingerprint density at radius 2 is 2.03 bits per heavy atom. The lowest BCUT2D eigenvalue weighted by atomic mass is 10.0. The van der Waals surface area contributed by atoms with Crippen molar-refractivity contribution in [1.82, 2.24) is 24.2 Å². The average Bonchev–Trinajstić information content (AvgIpc) is 3.51. The van der Waals surface area contributed by atoms with Crippen LogP contribution in [0.3, 0.4) is 0 Å². The first kappa shape index (κ1) is 21.8. The van der Waals surface area contributed by atoms with Gasteiger partial charge in [-0.2, -0.15) is 0 Å². The summed E-state index contributed by atoms with van der Waals surface area (Å²) < 4.78 is 40.1. The number of halogens is 1. The van der Waals surface area contributed by atoms with E-state index >= 15 is 0 Å². The lowest BCUT2D eigenvalue weighted by Crippen LogP contribution is -2.38. The summed E-state index contributed by atoms with van der Waals surface area (Å²) in [6.45, 7) is 1.41. The molecule has 174 valence electrons. The summed E-state index contributed by atoms with van der Waals surface area (Å²) in [4.78, 5) is 19.4. The summed E-state index contributed by atoms with van der Waals surface area (Å²) in [5.41, 5.74) is 1.72. The van der Waals surface area contributed by atoms with Gasteiger partial charge in [0.2, 0.25) is 10.0 Å². The lowest BCUT2D eigenvalue weighted by Gasteiger charge is -2.26. The molecule has 3 aromatic rings. The molecule has 0 spiro atoms. The standard InChI is InChI=1S/C22H25FN6O3S/c1-33(31,32)27-11-9-17(14-27)25-22(30)19-13-24-20-7-8-21(26-29(19)20)28-10-3-6-18(28)15-4-2-5-16(23)12-15/h2,4-5,7-8,12-13,17-18H,3,6,9-11,14H2,1H3,(H,25,30)/t17-,18+/m0/s1. The molecular formula is C22H25FN6O3S. The maximum Gasteiger partial charge on any atom is 0.271 e. The van der Waals surface area contributed by atoms with E-state index in [1.54, 1.807) is 18.2 Å². The van der Waals surface area contributed by atoms with Gasteiger partial charge < -0.3 is 10.2 Å². The number of hydrogen-bond acceptors (Lipinski definition) is 6. The SMILES string of the molecule is CS(=O)(=O)N1CC[C@H](NC(=O)c2cnc3ccc(N4CCC[C@@H]4c4cccc(F)c4)nn23)C1. The molecule has 2 aromatic heterocycles. The lowest BCUT2D eigenvalue weighted by molar-refractivity contribution is 0.0932. The van der Waals surface area contributed by atoms with Crippen LogP contribution in [0.25, 0.3) is 5.65 Å². The Morgan fingerprint density at radius 1 is 1.18 bits per heavy atom. The van der Waals surface area contributed by atoms with Crippen molar-refractivity contribution < 1.29 is 17.6 Å². The third-order valence-corrected chi connectivity index (χ3v) is 7.59. The molecule has 2 atom stereocenters. The van der Waals surface area contributed by atoms with Gasteiger partial charge in [-0.1, -0.05) is 12.1 Å². The van der Waals surface area contributed by atoms with Gasteiger partial charge >= 0.3 is 0 Å². The highest BCUT2D eigenvalue weighted by Gasteiger charge is 2.31. The third-order valence-electron chi connectivity index (χ3n) is 6.32. The topological polar surface area (TPSA) is 99.9 Å². The molecule has 2 aliphatic rings. The molecule has 33 heavy (non-hydrogen) atoms. The van der Waals surface area contributed by atoms with Crippen molar-refractivity contribution in [3.63, 3.8) is 0 Å². The molecule has 0 bridgehead atoms. The van der Waals surface area contributed by atoms with E-state index in [0.29, 0.717) is 24.4 Å². The normalized spacial score (nSPS) is 21.7. The maximum absolute atomic E-state index is 13.8. The molecule has 0 aliphatic carbocycles. The number of amides is 1. The van der Waals surface area contributed by atoms with E-state index in [9.17, 15) is 17.6 Å². The number of imidazole rings is 1. The Hall–Kier alpha value is -3.05. The van der Waals surface area contributed by atoms with Crippen LogP contribution in [-0.2, 0) is 10.0 Å². The van der Waals surface area contributed by atoms with Crippen molar-refractivity contribution in [2.24, 2.45) is 0 Å². The highest BCUT2D eigenvalue weighted by atomic mass is 32.2. The van der Waals surface area contributed by atoms with Crippen molar-refractivity contribution >= 4 is 27.4 Å². The van der Waals surface area contributed by atoms with Gasteiger partial charge in [0.1, 0.15) is 11.6 Å². The molecule has 11 heteroatoms. The van der Waals surface area contributed by atoms with Crippen molar-refractivity contribution in [2.75, 3.05) is 30.8 Å². The summed E-state index contributed by atoms with van der Waals surface area (Å²) in [6, 6.07) is 10.0. The Balaban J connectivity index is 1.38. The van der Waals surface area contributed by atoms with E-state index in [1.807, 2.05) is 12.1 Å². The first-order valence-corrected chi connectivity index (χ1v) is 12.8. The van der Waals surface area contributed by atoms with E-state index in [2.05, 4.69) is 20.3 Å². The second-order valence-electron chi connectivity index (χ2n) is 8.59. The van der Waals surface area contributed by atoms with Crippen molar-refractivity contribution in [3.05, 3.63) is 59.7 Å². The summed E-state index contributed by atoms with van der Waals surface area (Å²) in [7, 11) is -3.28. The van der Waals surface area contributed by atoms with Crippen LogP contribution in [0.1, 0.15) is 41.4 Å². The number of hydrogen-bond donors (Lipinski definition) is 1.